The zero-order valence-electron chi connectivity index (χ0n) is 15.2. The molecule has 0 unspecified atom stereocenters. The first-order valence-electron chi connectivity index (χ1n) is 8.56. The summed E-state index contributed by atoms with van der Waals surface area (Å²) < 4.78 is 16.1. The summed E-state index contributed by atoms with van der Waals surface area (Å²) in [5, 5.41) is 2.55. The summed E-state index contributed by atoms with van der Waals surface area (Å²) in [5.74, 6) is 0.188. The lowest BCUT2D eigenvalue weighted by molar-refractivity contribution is -0.156. The molecule has 0 bridgehead atoms. The van der Waals surface area contributed by atoms with E-state index in [0.29, 0.717) is 24.7 Å². The largest absolute Gasteiger partial charge is 0.489 e. The first-order valence-corrected chi connectivity index (χ1v) is 8.56. The fourth-order valence-electron chi connectivity index (χ4n) is 2.12. The Morgan fingerprint density at radius 2 is 1.67 bits per heavy atom. The number of hydrogen-bond donors (Lipinski definition) is 1. The monoisotopic (exact) mass is 369 g/mol. The molecule has 1 amide bonds. The highest BCUT2D eigenvalue weighted by Crippen LogP contribution is 2.18. The third-order valence-corrected chi connectivity index (χ3v) is 3.53. The van der Waals surface area contributed by atoms with Crippen LogP contribution in [0.25, 0.3) is 0 Å². The van der Waals surface area contributed by atoms with Gasteiger partial charge in [-0.05, 0) is 36.8 Å². The van der Waals surface area contributed by atoms with Gasteiger partial charge in [-0.25, -0.2) is 4.79 Å². The van der Waals surface area contributed by atoms with Crippen molar-refractivity contribution >= 4 is 11.9 Å². The lowest BCUT2D eigenvalue weighted by atomic mass is 10.2. The van der Waals surface area contributed by atoms with E-state index in [9.17, 15) is 9.59 Å². The zero-order valence-corrected chi connectivity index (χ0v) is 15.2. The Labute approximate surface area is 158 Å². The molecule has 0 aliphatic carbocycles. The predicted molar refractivity (Wildman–Crippen MR) is 101 cm³/mol. The zero-order chi connectivity index (χ0) is 19.5. The normalized spacial score (nSPS) is 11.1. The molecular formula is C21H23NO5. The minimum Gasteiger partial charge on any atom is -0.489 e. The van der Waals surface area contributed by atoms with Gasteiger partial charge in [0.15, 0.2) is 12.7 Å². The number of benzene rings is 2. The summed E-state index contributed by atoms with van der Waals surface area (Å²) in [7, 11) is 0. The molecule has 27 heavy (non-hydrogen) atoms. The average Bonchev–Trinajstić information content (AvgIpc) is 2.70. The molecule has 6 nitrogen and oxygen atoms in total. The molecule has 2 rings (SSSR count). The van der Waals surface area contributed by atoms with Gasteiger partial charge in [-0.1, -0.05) is 36.4 Å². The Bertz CT molecular complexity index is 743. The van der Waals surface area contributed by atoms with Gasteiger partial charge in [-0.2, -0.15) is 0 Å². The molecule has 0 aliphatic rings. The number of rotatable bonds is 10. The molecule has 0 aliphatic heterocycles. The van der Waals surface area contributed by atoms with E-state index in [-0.39, 0.29) is 12.5 Å². The second kappa shape index (κ2) is 10.7. The highest BCUT2D eigenvalue weighted by atomic mass is 16.6. The van der Waals surface area contributed by atoms with Gasteiger partial charge in [0.05, 0.1) is 0 Å². The summed E-state index contributed by atoms with van der Waals surface area (Å²) in [4.78, 5) is 23.4. The molecule has 0 radical (unpaired) electrons. The van der Waals surface area contributed by atoms with Crippen molar-refractivity contribution in [2.45, 2.75) is 19.6 Å². The molecule has 0 heterocycles. The molecule has 0 spiro atoms. The van der Waals surface area contributed by atoms with E-state index in [4.69, 9.17) is 14.2 Å². The van der Waals surface area contributed by atoms with Crippen molar-refractivity contribution in [2.24, 2.45) is 0 Å². The molecule has 0 aromatic heterocycles. The summed E-state index contributed by atoms with van der Waals surface area (Å²) in [6.07, 6.45) is 0.651. The lowest BCUT2D eigenvalue weighted by Gasteiger charge is -2.13. The molecule has 6 heteroatoms. The topological polar surface area (TPSA) is 73.9 Å². The molecule has 0 saturated heterocycles. The second-order valence-corrected chi connectivity index (χ2v) is 5.70. The molecule has 2 aromatic rings. The molecular weight excluding hydrogens is 346 g/mol. The fourth-order valence-corrected chi connectivity index (χ4v) is 2.12. The van der Waals surface area contributed by atoms with Crippen molar-refractivity contribution in [3.05, 3.63) is 72.8 Å². The van der Waals surface area contributed by atoms with Crippen molar-refractivity contribution < 1.29 is 23.8 Å². The van der Waals surface area contributed by atoms with Gasteiger partial charge in [-0.3, -0.25) is 4.79 Å². The summed E-state index contributed by atoms with van der Waals surface area (Å²) >= 11 is 0. The molecule has 0 fully saturated rings. The standard InChI is InChI=1S/C21H23NO5/c1-3-13-22-21(24)16(2)27-20(23)15-26-19-11-9-18(10-12-19)25-14-17-7-5-4-6-8-17/h3-12,16H,1,13-15H2,2H3,(H,22,24)/t16-/m1/s1. The number of nitrogens with one attached hydrogen (secondary N) is 1. The van der Waals surface area contributed by atoms with Crippen molar-refractivity contribution in [1.29, 1.82) is 0 Å². The first kappa shape index (κ1) is 20.0. The molecule has 0 saturated carbocycles. The van der Waals surface area contributed by atoms with Crippen LogP contribution in [0, 0.1) is 0 Å². The number of hydrogen-bond acceptors (Lipinski definition) is 5. The van der Waals surface area contributed by atoms with Crippen molar-refractivity contribution in [1.82, 2.24) is 5.32 Å². The van der Waals surface area contributed by atoms with E-state index >= 15 is 0 Å². The van der Waals surface area contributed by atoms with E-state index < -0.39 is 12.1 Å². The van der Waals surface area contributed by atoms with E-state index in [1.54, 1.807) is 30.3 Å². The van der Waals surface area contributed by atoms with Gasteiger partial charge in [0.1, 0.15) is 18.1 Å². The van der Waals surface area contributed by atoms with Crippen LogP contribution in [0.1, 0.15) is 12.5 Å². The van der Waals surface area contributed by atoms with E-state index in [1.165, 1.54) is 6.92 Å². The van der Waals surface area contributed by atoms with Gasteiger partial charge in [0.25, 0.3) is 5.91 Å². The maximum Gasteiger partial charge on any atom is 0.344 e. The van der Waals surface area contributed by atoms with Gasteiger partial charge < -0.3 is 19.5 Å². The Kier molecular flexibility index (Phi) is 7.91. The van der Waals surface area contributed by atoms with Crippen LogP contribution in [0.5, 0.6) is 11.5 Å². The van der Waals surface area contributed by atoms with Crippen LogP contribution < -0.4 is 14.8 Å². The molecule has 142 valence electrons. The minimum atomic E-state index is -0.894. The fraction of sp³-hybridized carbons (Fsp3) is 0.238. The smallest absolute Gasteiger partial charge is 0.344 e. The van der Waals surface area contributed by atoms with E-state index in [0.717, 1.165) is 5.56 Å². The summed E-state index contributed by atoms with van der Waals surface area (Å²) in [5.41, 5.74) is 1.08. The van der Waals surface area contributed by atoms with Crippen LogP contribution in [0.2, 0.25) is 0 Å². The highest BCUT2D eigenvalue weighted by Gasteiger charge is 2.17. The lowest BCUT2D eigenvalue weighted by Crippen LogP contribution is -2.36. The Morgan fingerprint density at radius 3 is 2.30 bits per heavy atom. The van der Waals surface area contributed by atoms with Crippen molar-refractivity contribution in [3.8, 4) is 11.5 Å². The van der Waals surface area contributed by atoms with E-state index in [1.807, 2.05) is 30.3 Å². The Hall–Kier alpha value is -3.28. The third kappa shape index (κ3) is 7.23. The quantitative estimate of drug-likeness (QED) is 0.515. The molecule has 2 aromatic carbocycles. The minimum absolute atomic E-state index is 0.288. The van der Waals surface area contributed by atoms with E-state index in [2.05, 4.69) is 11.9 Å². The number of carbonyl (C=O) groups excluding carboxylic acids is 2. The van der Waals surface area contributed by atoms with Crippen molar-refractivity contribution in [3.63, 3.8) is 0 Å². The summed E-state index contributed by atoms with van der Waals surface area (Å²) in [6.45, 7) is 5.49. The Morgan fingerprint density at radius 1 is 1.04 bits per heavy atom. The van der Waals surface area contributed by atoms with Crippen LogP contribution >= 0.6 is 0 Å². The number of carbonyl (C=O) groups is 2. The first-order chi connectivity index (χ1) is 13.1. The second-order valence-electron chi connectivity index (χ2n) is 5.70. The van der Waals surface area contributed by atoms with Crippen molar-refractivity contribution in [2.75, 3.05) is 13.2 Å². The van der Waals surface area contributed by atoms with Crippen LogP contribution in [0.3, 0.4) is 0 Å². The Balaban J connectivity index is 1.73. The third-order valence-electron chi connectivity index (χ3n) is 3.53. The van der Waals surface area contributed by atoms with Gasteiger partial charge in [-0.15, -0.1) is 6.58 Å². The van der Waals surface area contributed by atoms with Crippen LogP contribution in [0.15, 0.2) is 67.3 Å². The van der Waals surface area contributed by atoms with Crippen LogP contribution in [0.4, 0.5) is 0 Å². The number of amides is 1. The van der Waals surface area contributed by atoms with Gasteiger partial charge in [0, 0.05) is 6.54 Å². The predicted octanol–water partition coefficient (Wildman–Crippen LogP) is 2.88. The van der Waals surface area contributed by atoms with Gasteiger partial charge in [0.2, 0.25) is 0 Å². The number of esters is 1. The SMILES string of the molecule is C=CCNC(=O)[C@@H](C)OC(=O)COc1ccc(OCc2ccccc2)cc1. The maximum atomic E-state index is 11.8. The summed E-state index contributed by atoms with van der Waals surface area (Å²) in [6, 6.07) is 16.8. The maximum absolute atomic E-state index is 11.8. The van der Waals surface area contributed by atoms with Gasteiger partial charge >= 0.3 is 5.97 Å². The molecule has 1 atom stereocenters. The van der Waals surface area contributed by atoms with Crippen LogP contribution in [-0.2, 0) is 20.9 Å². The number of ether oxygens (including phenoxy) is 3. The van der Waals surface area contributed by atoms with Crippen LogP contribution in [-0.4, -0.2) is 31.1 Å². The molecule has 1 N–H and O–H groups in total. The average molecular weight is 369 g/mol. The highest BCUT2D eigenvalue weighted by molar-refractivity contribution is 5.83.